The van der Waals surface area contributed by atoms with E-state index in [2.05, 4.69) is 10.6 Å². The van der Waals surface area contributed by atoms with Crippen molar-refractivity contribution in [1.29, 1.82) is 0 Å². The highest BCUT2D eigenvalue weighted by molar-refractivity contribution is 7.80. The molecule has 2 aromatic carbocycles. The van der Waals surface area contributed by atoms with Crippen molar-refractivity contribution in [3.8, 4) is 0 Å². The van der Waals surface area contributed by atoms with Crippen LogP contribution in [0.1, 0.15) is 5.56 Å². The van der Waals surface area contributed by atoms with E-state index in [9.17, 15) is 8.78 Å². The Labute approximate surface area is 115 Å². The second-order valence-corrected chi connectivity index (χ2v) is 4.46. The Bertz CT molecular complexity index is 614. The molecule has 0 fully saturated rings. The lowest BCUT2D eigenvalue weighted by molar-refractivity contribution is 0.627. The van der Waals surface area contributed by atoms with Crippen molar-refractivity contribution in [2.45, 2.75) is 6.92 Å². The fraction of sp³-hybridized carbons (Fsp3) is 0.0714. The van der Waals surface area contributed by atoms with Crippen molar-refractivity contribution in [2.24, 2.45) is 0 Å². The van der Waals surface area contributed by atoms with Crippen LogP contribution < -0.4 is 10.6 Å². The molecule has 0 spiro atoms. The van der Waals surface area contributed by atoms with Gasteiger partial charge in [-0.05, 0) is 61.1 Å². The molecule has 0 radical (unpaired) electrons. The summed E-state index contributed by atoms with van der Waals surface area (Å²) in [5.74, 6) is -0.641. The van der Waals surface area contributed by atoms with Gasteiger partial charge in [-0.1, -0.05) is 6.07 Å². The summed E-state index contributed by atoms with van der Waals surface area (Å²) >= 11 is 5.12. The van der Waals surface area contributed by atoms with Crippen molar-refractivity contribution >= 4 is 28.7 Å². The topological polar surface area (TPSA) is 24.1 Å². The average Bonchev–Trinajstić information content (AvgIpc) is 2.33. The quantitative estimate of drug-likeness (QED) is 0.809. The molecule has 2 nitrogen and oxygen atoms in total. The molecule has 98 valence electrons. The first-order valence-electron chi connectivity index (χ1n) is 5.64. The number of aryl methyl sites for hydroxylation is 1. The molecule has 19 heavy (non-hydrogen) atoms. The Kier molecular flexibility index (Phi) is 4.06. The van der Waals surface area contributed by atoms with E-state index >= 15 is 0 Å². The van der Waals surface area contributed by atoms with Gasteiger partial charge in [-0.15, -0.1) is 0 Å². The molecule has 5 heteroatoms. The molecule has 0 aliphatic heterocycles. The summed E-state index contributed by atoms with van der Waals surface area (Å²) in [5.41, 5.74) is 2.00. The third kappa shape index (κ3) is 3.72. The molecule has 0 amide bonds. The van der Waals surface area contributed by atoms with Gasteiger partial charge in [0.15, 0.2) is 5.11 Å². The third-order valence-electron chi connectivity index (χ3n) is 2.52. The van der Waals surface area contributed by atoms with Gasteiger partial charge in [0.25, 0.3) is 0 Å². The van der Waals surface area contributed by atoms with E-state index in [1.165, 1.54) is 24.3 Å². The lowest BCUT2D eigenvalue weighted by Crippen LogP contribution is -2.19. The van der Waals surface area contributed by atoms with Crippen LogP contribution in [-0.2, 0) is 0 Å². The molecule has 2 rings (SSSR count). The van der Waals surface area contributed by atoms with Crippen LogP contribution >= 0.6 is 12.2 Å². The fourth-order valence-corrected chi connectivity index (χ4v) is 1.85. The average molecular weight is 278 g/mol. The van der Waals surface area contributed by atoms with Crippen LogP contribution in [0.15, 0.2) is 42.5 Å². The van der Waals surface area contributed by atoms with Crippen LogP contribution in [0, 0.1) is 18.6 Å². The maximum Gasteiger partial charge on any atom is 0.175 e. The van der Waals surface area contributed by atoms with Crippen molar-refractivity contribution in [3.63, 3.8) is 0 Å². The minimum absolute atomic E-state index is 0.299. The standard InChI is InChI=1S/C14H12F2N2S/c1-9-7-11(16)5-6-13(9)18-14(19)17-12-4-2-3-10(15)8-12/h2-8H,1H3,(H2,17,18,19). The minimum atomic E-state index is -0.342. The summed E-state index contributed by atoms with van der Waals surface area (Å²) < 4.78 is 26.0. The zero-order chi connectivity index (χ0) is 13.8. The van der Waals surface area contributed by atoms with Crippen LogP contribution in [0.5, 0.6) is 0 Å². The fourth-order valence-electron chi connectivity index (χ4n) is 1.62. The summed E-state index contributed by atoms with van der Waals surface area (Å²) in [6.07, 6.45) is 0. The highest BCUT2D eigenvalue weighted by Gasteiger charge is 2.03. The number of benzene rings is 2. The summed E-state index contributed by atoms with van der Waals surface area (Å²) in [5, 5.41) is 6.12. The maximum atomic E-state index is 13.0. The van der Waals surface area contributed by atoms with Gasteiger partial charge in [0.2, 0.25) is 0 Å². The van der Waals surface area contributed by atoms with Crippen LogP contribution in [0.3, 0.4) is 0 Å². The second-order valence-electron chi connectivity index (χ2n) is 4.05. The lowest BCUT2D eigenvalue weighted by Gasteiger charge is -2.12. The summed E-state index contributed by atoms with van der Waals surface area (Å²) in [4.78, 5) is 0. The zero-order valence-electron chi connectivity index (χ0n) is 10.2. The van der Waals surface area contributed by atoms with Gasteiger partial charge < -0.3 is 10.6 Å². The molecular formula is C14H12F2N2S. The Morgan fingerprint density at radius 3 is 2.42 bits per heavy atom. The molecule has 0 saturated carbocycles. The summed E-state index contributed by atoms with van der Waals surface area (Å²) in [6.45, 7) is 1.77. The molecule has 0 saturated heterocycles. The van der Waals surface area contributed by atoms with Gasteiger partial charge in [0, 0.05) is 11.4 Å². The molecule has 2 N–H and O–H groups in total. The van der Waals surface area contributed by atoms with E-state index in [1.807, 2.05) is 0 Å². The van der Waals surface area contributed by atoms with Gasteiger partial charge in [-0.2, -0.15) is 0 Å². The predicted molar refractivity (Wildman–Crippen MR) is 77.4 cm³/mol. The van der Waals surface area contributed by atoms with Crippen LogP contribution in [0.25, 0.3) is 0 Å². The number of thiocarbonyl (C=S) groups is 1. The number of hydrogen-bond donors (Lipinski definition) is 2. The Hall–Kier alpha value is -2.01. The van der Waals surface area contributed by atoms with Gasteiger partial charge in [-0.3, -0.25) is 0 Å². The van der Waals surface area contributed by atoms with Gasteiger partial charge >= 0.3 is 0 Å². The smallest absolute Gasteiger partial charge is 0.175 e. The van der Waals surface area contributed by atoms with Crippen molar-refractivity contribution < 1.29 is 8.78 Å². The highest BCUT2D eigenvalue weighted by atomic mass is 32.1. The number of nitrogens with one attached hydrogen (secondary N) is 2. The van der Waals surface area contributed by atoms with E-state index in [-0.39, 0.29) is 11.6 Å². The maximum absolute atomic E-state index is 13.0. The largest absolute Gasteiger partial charge is 0.332 e. The monoisotopic (exact) mass is 278 g/mol. The molecule has 2 aromatic rings. The number of halogens is 2. The lowest BCUT2D eigenvalue weighted by atomic mass is 10.2. The first-order valence-corrected chi connectivity index (χ1v) is 6.05. The Morgan fingerprint density at radius 2 is 1.74 bits per heavy atom. The molecular weight excluding hydrogens is 266 g/mol. The molecule has 0 atom stereocenters. The van der Waals surface area contributed by atoms with Gasteiger partial charge in [0.05, 0.1) is 0 Å². The van der Waals surface area contributed by atoms with E-state index in [0.717, 1.165) is 5.56 Å². The molecule has 0 aliphatic rings. The first-order chi connectivity index (χ1) is 9.04. The normalized spacial score (nSPS) is 10.1. The van der Waals surface area contributed by atoms with Crippen LogP contribution in [-0.4, -0.2) is 5.11 Å². The van der Waals surface area contributed by atoms with Crippen molar-refractivity contribution in [2.75, 3.05) is 10.6 Å². The van der Waals surface area contributed by atoms with E-state index < -0.39 is 0 Å². The number of anilines is 2. The van der Waals surface area contributed by atoms with Crippen molar-refractivity contribution in [3.05, 3.63) is 59.7 Å². The van der Waals surface area contributed by atoms with Gasteiger partial charge in [-0.25, -0.2) is 8.78 Å². The second kappa shape index (κ2) is 5.75. The first kappa shape index (κ1) is 13.4. The SMILES string of the molecule is Cc1cc(F)ccc1NC(=S)Nc1cccc(F)c1. The Balaban J connectivity index is 2.05. The minimum Gasteiger partial charge on any atom is -0.332 e. The highest BCUT2D eigenvalue weighted by Crippen LogP contribution is 2.16. The molecule has 0 bridgehead atoms. The third-order valence-corrected chi connectivity index (χ3v) is 2.72. The van der Waals surface area contributed by atoms with Gasteiger partial charge in [0.1, 0.15) is 11.6 Å². The predicted octanol–water partition coefficient (Wildman–Crippen LogP) is 4.08. The van der Waals surface area contributed by atoms with E-state index in [4.69, 9.17) is 12.2 Å². The number of rotatable bonds is 2. The molecule has 0 heterocycles. The van der Waals surface area contributed by atoms with Crippen molar-refractivity contribution in [1.82, 2.24) is 0 Å². The molecule has 0 aliphatic carbocycles. The molecule has 0 unspecified atom stereocenters. The van der Waals surface area contributed by atoms with E-state index in [0.29, 0.717) is 16.5 Å². The van der Waals surface area contributed by atoms with Crippen LogP contribution in [0.2, 0.25) is 0 Å². The summed E-state index contributed by atoms with van der Waals surface area (Å²) in [6, 6.07) is 10.3. The zero-order valence-corrected chi connectivity index (χ0v) is 11.0. The molecule has 0 aromatic heterocycles. The van der Waals surface area contributed by atoms with Crippen LogP contribution in [0.4, 0.5) is 20.2 Å². The Morgan fingerprint density at radius 1 is 1.00 bits per heavy atom. The number of hydrogen-bond acceptors (Lipinski definition) is 1. The summed E-state index contributed by atoms with van der Waals surface area (Å²) in [7, 11) is 0. The van der Waals surface area contributed by atoms with E-state index in [1.54, 1.807) is 25.1 Å².